The zero-order valence-electron chi connectivity index (χ0n) is 15.2. The molecule has 0 unspecified atom stereocenters. The summed E-state index contributed by atoms with van der Waals surface area (Å²) >= 11 is 0. The Bertz CT molecular complexity index is 671. The fourth-order valence-corrected chi connectivity index (χ4v) is 4.29. The van der Waals surface area contributed by atoms with Crippen LogP contribution in [0.3, 0.4) is 0 Å². The van der Waals surface area contributed by atoms with Gasteiger partial charge in [-0.1, -0.05) is 19.3 Å². The van der Waals surface area contributed by atoms with Crippen LogP contribution in [0, 0.1) is 11.2 Å². The van der Waals surface area contributed by atoms with Gasteiger partial charge in [0, 0.05) is 37.2 Å². The Balaban J connectivity index is 1.43. The van der Waals surface area contributed by atoms with Gasteiger partial charge in [-0.3, -0.25) is 9.59 Å². The maximum Gasteiger partial charge on any atom is 0.223 e. The van der Waals surface area contributed by atoms with Crippen LogP contribution >= 0.6 is 0 Å². The number of nitrogens with zero attached hydrogens (tertiary/aromatic N) is 1. The van der Waals surface area contributed by atoms with Crippen LogP contribution in [0.25, 0.3) is 0 Å². The molecule has 1 fully saturated rings. The van der Waals surface area contributed by atoms with Crippen LogP contribution in [0.15, 0.2) is 18.2 Å². The summed E-state index contributed by atoms with van der Waals surface area (Å²) in [7, 11) is 0. The first-order chi connectivity index (χ1) is 12.5. The zero-order chi connectivity index (χ0) is 18.6. The molecule has 1 saturated carbocycles. The van der Waals surface area contributed by atoms with Gasteiger partial charge < -0.3 is 16.0 Å². The second-order valence-electron chi connectivity index (χ2n) is 7.57. The average Bonchev–Trinajstić information content (AvgIpc) is 3.03. The summed E-state index contributed by atoms with van der Waals surface area (Å²) in [5.41, 5.74) is 7.21. The number of anilines is 1. The summed E-state index contributed by atoms with van der Waals surface area (Å²) in [5.74, 6) is -0.495. The third-order valence-electron chi connectivity index (χ3n) is 5.90. The molecule has 142 valence electrons. The molecule has 1 aromatic carbocycles. The van der Waals surface area contributed by atoms with Crippen molar-refractivity contribution in [1.29, 1.82) is 0 Å². The molecule has 0 radical (unpaired) electrons. The van der Waals surface area contributed by atoms with E-state index in [1.54, 1.807) is 12.1 Å². The molecule has 0 atom stereocenters. The van der Waals surface area contributed by atoms with E-state index in [1.165, 1.54) is 6.07 Å². The molecule has 1 aliphatic heterocycles. The molecule has 1 heterocycles. The number of rotatable bonds is 7. The molecule has 1 aromatic rings. The maximum absolute atomic E-state index is 13.3. The van der Waals surface area contributed by atoms with Crippen LogP contribution in [0.1, 0.15) is 50.5 Å². The van der Waals surface area contributed by atoms with E-state index in [1.807, 2.05) is 0 Å². The highest BCUT2D eigenvalue weighted by atomic mass is 19.1. The van der Waals surface area contributed by atoms with E-state index in [4.69, 9.17) is 5.73 Å². The second-order valence-corrected chi connectivity index (χ2v) is 7.57. The lowest BCUT2D eigenvalue weighted by molar-refractivity contribution is -0.131. The van der Waals surface area contributed by atoms with Crippen LogP contribution in [0.2, 0.25) is 0 Å². The van der Waals surface area contributed by atoms with Gasteiger partial charge in [-0.25, -0.2) is 4.39 Å². The first kappa shape index (κ1) is 18.7. The van der Waals surface area contributed by atoms with Crippen molar-refractivity contribution in [3.05, 3.63) is 29.6 Å². The molecule has 3 N–H and O–H groups in total. The molecule has 0 aromatic heterocycles. The molecule has 26 heavy (non-hydrogen) atoms. The highest BCUT2D eigenvalue weighted by Gasteiger charge is 2.37. The van der Waals surface area contributed by atoms with Gasteiger partial charge in [-0.15, -0.1) is 0 Å². The quantitative estimate of drug-likeness (QED) is 0.784. The largest absolute Gasteiger partial charge is 0.369 e. The van der Waals surface area contributed by atoms with Crippen molar-refractivity contribution < 1.29 is 14.0 Å². The Morgan fingerprint density at radius 3 is 2.73 bits per heavy atom. The van der Waals surface area contributed by atoms with Crippen molar-refractivity contribution in [2.75, 3.05) is 24.5 Å². The monoisotopic (exact) mass is 361 g/mol. The standard InChI is InChI=1S/C20H28FN3O2/c21-16-4-5-17-15(14-16)7-12-24(17)13-11-23-18(25)6-10-20(19(22)26)8-2-1-3-9-20/h4-5,14H,1-3,6-13H2,(H2,22,26)(H,23,25). The molecule has 0 spiro atoms. The van der Waals surface area contributed by atoms with E-state index in [0.717, 1.165) is 56.3 Å². The van der Waals surface area contributed by atoms with Crippen LogP contribution in [-0.4, -0.2) is 31.4 Å². The number of carbonyl (C=O) groups is 2. The number of hydrogen-bond acceptors (Lipinski definition) is 3. The molecule has 2 aliphatic rings. The van der Waals surface area contributed by atoms with Crippen molar-refractivity contribution >= 4 is 17.5 Å². The van der Waals surface area contributed by atoms with Gasteiger partial charge in [0.15, 0.2) is 0 Å². The number of fused-ring (bicyclic) bond motifs is 1. The van der Waals surface area contributed by atoms with Crippen molar-refractivity contribution in [3.63, 3.8) is 0 Å². The number of nitrogens with one attached hydrogen (secondary N) is 1. The molecule has 1 aliphatic carbocycles. The van der Waals surface area contributed by atoms with Crippen molar-refractivity contribution in [1.82, 2.24) is 5.32 Å². The number of amides is 2. The van der Waals surface area contributed by atoms with Gasteiger partial charge in [0.25, 0.3) is 0 Å². The second kappa shape index (κ2) is 8.06. The fraction of sp³-hybridized carbons (Fsp3) is 0.600. The lowest BCUT2D eigenvalue weighted by Gasteiger charge is -2.34. The van der Waals surface area contributed by atoms with Gasteiger partial charge in [-0.05, 0) is 49.4 Å². The summed E-state index contributed by atoms with van der Waals surface area (Å²) < 4.78 is 13.3. The minimum absolute atomic E-state index is 0.0327. The lowest BCUT2D eigenvalue weighted by Crippen LogP contribution is -2.40. The van der Waals surface area contributed by atoms with Gasteiger partial charge in [0.2, 0.25) is 11.8 Å². The van der Waals surface area contributed by atoms with E-state index >= 15 is 0 Å². The van der Waals surface area contributed by atoms with Crippen LogP contribution < -0.4 is 16.0 Å². The molecular formula is C20H28FN3O2. The van der Waals surface area contributed by atoms with E-state index in [2.05, 4.69) is 10.2 Å². The van der Waals surface area contributed by atoms with E-state index in [9.17, 15) is 14.0 Å². The number of primary amides is 1. The highest BCUT2D eigenvalue weighted by Crippen LogP contribution is 2.39. The minimum atomic E-state index is -0.493. The Hall–Kier alpha value is -2.11. The van der Waals surface area contributed by atoms with E-state index in [-0.39, 0.29) is 17.6 Å². The zero-order valence-corrected chi connectivity index (χ0v) is 15.2. The third kappa shape index (κ3) is 4.17. The predicted molar refractivity (Wildman–Crippen MR) is 99.3 cm³/mol. The summed E-state index contributed by atoms with van der Waals surface area (Å²) in [6.45, 7) is 2.09. The summed E-state index contributed by atoms with van der Waals surface area (Å²) in [5, 5.41) is 2.94. The van der Waals surface area contributed by atoms with Crippen LogP contribution in [0.5, 0.6) is 0 Å². The smallest absolute Gasteiger partial charge is 0.223 e. The van der Waals surface area contributed by atoms with E-state index < -0.39 is 5.41 Å². The summed E-state index contributed by atoms with van der Waals surface area (Å²) in [6.07, 6.45) is 6.49. The number of halogens is 1. The number of hydrogen-bond donors (Lipinski definition) is 2. The first-order valence-corrected chi connectivity index (χ1v) is 9.60. The van der Waals surface area contributed by atoms with E-state index in [0.29, 0.717) is 25.9 Å². The number of benzene rings is 1. The minimum Gasteiger partial charge on any atom is -0.369 e. The van der Waals surface area contributed by atoms with Gasteiger partial charge in [0.05, 0.1) is 0 Å². The Labute approximate surface area is 154 Å². The van der Waals surface area contributed by atoms with Gasteiger partial charge in [-0.2, -0.15) is 0 Å². The molecule has 5 nitrogen and oxygen atoms in total. The molecule has 6 heteroatoms. The SMILES string of the molecule is NC(=O)C1(CCC(=O)NCCN2CCc3cc(F)ccc32)CCCCC1. The van der Waals surface area contributed by atoms with Crippen molar-refractivity contribution in [2.24, 2.45) is 11.1 Å². The first-order valence-electron chi connectivity index (χ1n) is 9.60. The number of nitrogens with two attached hydrogens (primary N) is 1. The average molecular weight is 361 g/mol. The van der Waals surface area contributed by atoms with Crippen molar-refractivity contribution in [2.45, 2.75) is 51.4 Å². The molecule has 2 amide bonds. The van der Waals surface area contributed by atoms with Crippen LogP contribution in [-0.2, 0) is 16.0 Å². The summed E-state index contributed by atoms with van der Waals surface area (Å²) in [4.78, 5) is 26.2. The van der Waals surface area contributed by atoms with Gasteiger partial charge >= 0.3 is 0 Å². The molecular weight excluding hydrogens is 333 g/mol. The number of carbonyl (C=O) groups excluding carboxylic acids is 2. The molecule has 0 bridgehead atoms. The van der Waals surface area contributed by atoms with Crippen molar-refractivity contribution in [3.8, 4) is 0 Å². The molecule has 0 saturated heterocycles. The lowest BCUT2D eigenvalue weighted by atomic mass is 9.70. The van der Waals surface area contributed by atoms with Crippen LogP contribution in [0.4, 0.5) is 10.1 Å². The van der Waals surface area contributed by atoms with Gasteiger partial charge in [0.1, 0.15) is 5.82 Å². The third-order valence-corrected chi connectivity index (χ3v) is 5.90. The topological polar surface area (TPSA) is 75.4 Å². The highest BCUT2D eigenvalue weighted by molar-refractivity contribution is 5.82. The Morgan fingerprint density at radius 2 is 2.00 bits per heavy atom. The Kier molecular flexibility index (Phi) is 5.79. The predicted octanol–water partition coefficient (Wildman–Crippen LogP) is 2.52. The summed E-state index contributed by atoms with van der Waals surface area (Å²) in [6, 6.07) is 4.86. The molecule has 3 rings (SSSR count). The maximum atomic E-state index is 13.3. The Morgan fingerprint density at radius 1 is 1.23 bits per heavy atom. The fourth-order valence-electron chi connectivity index (χ4n) is 4.29. The normalized spacial score (nSPS) is 18.4.